The Morgan fingerprint density at radius 2 is 2.09 bits per heavy atom. The van der Waals surface area contributed by atoms with Crippen LogP contribution in [0.2, 0.25) is 0 Å². The zero-order valence-electron chi connectivity index (χ0n) is 6.92. The van der Waals surface area contributed by atoms with Crippen LogP contribution in [-0.2, 0) is 0 Å². The highest BCUT2D eigenvalue weighted by Gasteiger charge is 2.56. The topological polar surface area (TPSA) is 0 Å². The Hall–Kier alpha value is 0.350. The van der Waals surface area contributed by atoms with Crippen molar-refractivity contribution in [3.8, 4) is 0 Å². The third kappa shape index (κ3) is 0.734. The molecule has 62 valence electrons. The van der Waals surface area contributed by atoms with Crippen LogP contribution in [0.25, 0.3) is 0 Å². The summed E-state index contributed by atoms with van der Waals surface area (Å²) in [6.07, 6.45) is 8.87. The van der Waals surface area contributed by atoms with E-state index >= 15 is 0 Å². The third-order valence-corrected chi connectivity index (χ3v) is 5.17. The number of rotatable bonds is 0. The van der Waals surface area contributed by atoms with Gasteiger partial charge in [-0.1, -0.05) is 6.42 Å². The minimum atomic E-state index is 0.506. The lowest BCUT2D eigenvalue weighted by Gasteiger charge is -2.31. The molecule has 4 unspecified atom stereocenters. The molecule has 4 atom stereocenters. The van der Waals surface area contributed by atoms with E-state index in [4.69, 9.17) is 12.6 Å². The molecule has 0 radical (unpaired) electrons. The molecule has 3 aliphatic rings. The van der Waals surface area contributed by atoms with Gasteiger partial charge in [-0.2, -0.15) is 12.6 Å². The lowest BCUT2D eigenvalue weighted by Crippen LogP contribution is -2.28. The fourth-order valence-electron chi connectivity index (χ4n) is 4.02. The molecule has 0 amide bonds. The van der Waals surface area contributed by atoms with Gasteiger partial charge < -0.3 is 0 Å². The molecule has 0 N–H and O–H groups in total. The van der Waals surface area contributed by atoms with Crippen LogP contribution in [0, 0.1) is 17.8 Å². The molecule has 0 spiro atoms. The molecular weight excluding hydrogens is 152 g/mol. The maximum atomic E-state index is 4.90. The van der Waals surface area contributed by atoms with Crippen LogP contribution in [0.4, 0.5) is 0 Å². The van der Waals surface area contributed by atoms with Gasteiger partial charge >= 0.3 is 0 Å². The predicted molar refractivity (Wildman–Crippen MR) is 49.9 cm³/mol. The van der Waals surface area contributed by atoms with E-state index in [-0.39, 0.29) is 0 Å². The van der Waals surface area contributed by atoms with E-state index in [1.54, 1.807) is 0 Å². The van der Waals surface area contributed by atoms with Gasteiger partial charge in [0.15, 0.2) is 0 Å². The number of hydrogen-bond acceptors (Lipinski definition) is 1. The quantitative estimate of drug-likeness (QED) is 0.528. The van der Waals surface area contributed by atoms with Gasteiger partial charge in [-0.3, -0.25) is 0 Å². The molecule has 0 saturated heterocycles. The summed E-state index contributed by atoms with van der Waals surface area (Å²) in [5.41, 5.74) is 0. The second kappa shape index (κ2) is 1.99. The van der Waals surface area contributed by atoms with E-state index in [9.17, 15) is 0 Å². The second-order valence-corrected chi connectivity index (χ2v) is 5.70. The van der Waals surface area contributed by atoms with Crippen LogP contribution in [0.1, 0.15) is 38.5 Å². The Balaban J connectivity index is 1.98. The SMILES string of the molecule is SC12CCC(C1)C1CCCC12. The van der Waals surface area contributed by atoms with Crippen LogP contribution in [0.5, 0.6) is 0 Å². The minimum Gasteiger partial charge on any atom is -0.172 e. The molecule has 3 aliphatic carbocycles. The zero-order chi connectivity index (χ0) is 7.47. The van der Waals surface area contributed by atoms with Gasteiger partial charge in [-0.05, 0) is 49.9 Å². The fraction of sp³-hybridized carbons (Fsp3) is 1.00. The lowest BCUT2D eigenvalue weighted by atomic mass is 9.81. The van der Waals surface area contributed by atoms with E-state index in [1.807, 2.05) is 0 Å². The Kier molecular flexibility index (Phi) is 1.23. The lowest BCUT2D eigenvalue weighted by molar-refractivity contribution is 0.277. The minimum absolute atomic E-state index is 0.506. The van der Waals surface area contributed by atoms with E-state index in [0.717, 1.165) is 17.8 Å². The molecule has 0 heterocycles. The van der Waals surface area contributed by atoms with Crippen molar-refractivity contribution >= 4 is 12.6 Å². The number of thiol groups is 1. The molecule has 3 rings (SSSR count). The summed E-state index contributed by atoms with van der Waals surface area (Å²) in [5, 5.41) is 0. The predicted octanol–water partition coefficient (Wildman–Crippen LogP) is 2.89. The average molecular weight is 168 g/mol. The van der Waals surface area contributed by atoms with Crippen molar-refractivity contribution in [2.75, 3.05) is 0 Å². The first-order chi connectivity index (χ1) is 5.30. The molecule has 0 aliphatic heterocycles. The van der Waals surface area contributed by atoms with E-state index in [2.05, 4.69) is 0 Å². The van der Waals surface area contributed by atoms with Gasteiger partial charge in [0.25, 0.3) is 0 Å². The zero-order valence-corrected chi connectivity index (χ0v) is 7.82. The van der Waals surface area contributed by atoms with Gasteiger partial charge in [-0.25, -0.2) is 0 Å². The third-order valence-electron chi connectivity index (χ3n) is 4.43. The van der Waals surface area contributed by atoms with Gasteiger partial charge in [0, 0.05) is 4.75 Å². The summed E-state index contributed by atoms with van der Waals surface area (Å²) < 4.78 is 0.506. The molecule has 0 nitrogen and oxygen atoms in total. The average Bonchev–Trinajstić information content (AvgIpc) is 2.53. The van der Waals surface area contributed by atoms with Crippen LogP contribution < -0.4 is 0 Å². The molecule has 0 aromatic carbocycles. The van der Waals surface area contributed by atoms with Crippen LogP contribution in [0.3, 0.4) is 0 Å². The van der Waals surface area contributed by atoms with Crippen molar-refractivity contribution in [3.63, 3.8) is 0 Å². The summed E-state index contributed by atoms with van der Waals surface area (Å²) in [5.74, 6) is 3.20. The first-order valence-corrected chi connectivity index (χ1v) is 5.47. The largest absolute Gasteiger partial charge is 0.172 e. The standard InChI is InChI=1S/C10H16S/c11-10-5-4-7(6-10)8-2-1-3-9(8)10/h7-9,11H,1-6H2. The molecule has 3 fully saturated rings. The van der Waals surface area contributed by atoms with E-state index in [1.165, 1.54) is 38.5 Å². The monoisotopic (exact) mass is 168 g/mol. The van der Waals surface area contributed by atoms with Crippen LogP contribution in [-0.4, -0.2) is 4.75 Å². The Bertz CT molecular complexity index is 189. The van der Waals surface area contributed by atoms with E-state index < -0.39 is 0 Å². The smallest absolute Gasteiger partial charge is 0.0163 e. The van der Waals surface area contributed by atoms with Crippen molar-refractivity contribution in [3.05, 3.63) is 0 Å². The first-order valence-electron chi connectivity index (χ1n) is 5.02. The Morgan fingerprint density at radius 3 is 2.91 bits per heavy atom. The number of hydrogen-bond donors (Lipinski definition) is 1. The highest BCUT2D eigenvalue weighted by atomic mass is 32.1. The highest BCUT2D eigenvalue weighted by Crippen LogP contribution is 2.63. The molecule has 0 aromatic heterocycles. The van der Waals surface area contributed by atoms with Crippen molar-refractivity contribution in [1.29, 1.82) is 0 Å². The Morgan fingerprint density at radius 1 is 1.18 bits per heavy atom. The summed E-state index contributed by atoms with van der Waals surface area (Å²) in [7, 11) is 0. The van der Waals surface area contributed by atoms with Crippen molar-refractivity contribution in [1.82, 2.24) is 0 Å². The van der Waals surface area contributed by atoms with Crippen molar-refractivity contribution in [2.45, 2.75) is 43.3 Å². The van der Waals surface area contributed by atoms with Gasteiger partial charge in [-0.15, -0.1) is 0 Å². The molecule has 2 bridgehead atoms. The fourth-order valence-corrected chi connectivity index (χ4v) is 4.70. The first kappa shape index (κ1) is 6.82. The van der Waals surface area contributed by atoms with Gasteiger partial charge in [0.05, 0.1) is 0 Å². The van der Waals surface area contributed by atoms with Crippen molar-refractivity contribution in [2.24, 2.45) is 17.8 Å². The second-order valence-electron chi connectivity index (χ2n) is 4.81. The van der Waals surface area contributed by atoms with Gasteiger partial charge in [0.1, 0.15) is 0 Å². The molecule has 3 saturated carbocycles. The Labute approximate surface area is 74.2 Å². The highest BCUT2D eigenvalue weighted by molar-refractivity contribution is 7.81. The molecule has 11 heavy (non-hydrogen) atoms. The summed E-state index contributed by atoms with van der Waals surface area (Å²) in [6.45, 7) is 0. The van der Waals surface area contributed by atoms with Gasteiger partial charge in [0.2, 0.25) is 0 Å². The van der Waals surface area contributed by atoms with E-state index in [0.29, 0.717) is 4.75 Å². The number of fused-ring (bicyclic) bond motifs is 5. The summed E-state index contributed by atoms with van der Waals surface area (Å²) in [6, 6.07) is 0. The van der Waals surface area contributed by atoms with Crippen LogP contribution in [0.15, 0.2) is 0 Å². The van der Waals surface area contributed by atoms with Crippen LogP contribution >= 0.6 is 12.6 Å². The normalized spacial score (nSPS) is 60.3. The maximum absolute atomic E-state index is 4.90. The molecule has 1 heteroatoms. The molecular formula is C10H16S. The summed E-state index contributed by atoms with van der Waals surface area (Å²) >= 11 is 4.90. The summed E-state index contributed by atoms with van der Waals surface area (Å²) in [4.78, 5) is 0. The molecule has 0 aromatic rings. The van der Waals surface area contributed by atoms with Crippen molar-refractivity contribution < 1.29 is 0 Å². The maximum Gasteiger partial charge on any atom is 0.0163 e.